The summed E-state index contributed by atoms with van der Waals surface area (Å²) in [5.74, 6) is 0.434. The van der Waals surface area contributed by atoms with E-state index in [0.717, 1.165) is 5.69 Å². The van der Waals surface area contributed by atoms with Gasteiger partial charge in [0.05, 0.1) is 0 Å². The van der Waals surface area contributed by atoms with Crippen molar-refractivity contribution < 1.29 is 9.13 Å². The summed E-state index contributed by atoms with van der Waals surface area (Å²) in [6, 6.07) is 12.3. The van der Waals surface area contributed by atoms with Crippen LogP contribution >= 0.6 is 0 Å². The first kappa shape index (κ1) is 13.4. The average molecular weight is 259 g/mol. The molecule has 0 saturated heterocycles. The van der Waals surface area contributed by atoms with E-state index < -0.39 is 0 Å². The van der Waals surface area contributed by atoms with Gasteiger partial charge in [-0.15, -0.1) is 0 Å². The van der Waals surface area contributed by atoms with Gasteiger partial charge in [0.15, 0.2) is 0 Å². The molecule has 2 aromatic rings. The first-order valence-corrected chi connectivity index (χ1v) is 6.34. The summed E-state index contributed by atoms with van der Waals surface area (Å²) < 4.78 is 18.2. The van der Waals surface area contributed by atoms with Gasteiger partial charge in [-0.1, -0.05) is 6.07 Å². The summed E-state index contributed by atoms with van der Waals surface area (Å²) in [6.07, 6.45) is 0. The van der Waals surface area contributed by atoms with Crippen molar-refractivity contribution in [3.05, 3.63) is 59.4 Å². The molecule has 0 fully saturated rings. The van der Waals surface area contributed by atoms with E-state index in [1.54, 1.807) is 12.1 Å². The van der Waals surface area contributed by atoms with Crippen LogP contribution in [-0.2, 0) is 0 Å². The Kier molecular flexibility index (Phi) is 4.39. The van der Waals surface area contributed by atoms with Crippen molar-refractivity contribution >= 4 is 5.69 Å². The Morgan fingerprint density at radius 3 is 2.42 bits per heavy atom. The van der Waals surface area contributed by atoms with Crippen molar-refractivity contribution in [2.75, 3.05) is 18.5 Å². The van der Waals surface area contributed by atoms with Crippen molar-refractivity contribution in [2.45, 2.75) is 13.8 Å². The molecule has 0 unspecified atom stereocenters. The van der Waals surface area contributed by atoms with Crippen molar-refractivity contribution in [1.82, 2.24) is 0 Å². The van der Waals surface area contributed by atoms with Gasteiger partial charge in [-0.2, -0.15) is 0 Å². The predicted molar refractivity (Wildman–Crippen MR) is 76.3 cm³/mol. The summed E-state index contributed by atoms with van der Waals surface area (Å²) >= 11 is 0. The normalized spacial score (nSPS) is 10.3. The van der Waals surface area contributed by atoms with E-state index >= 15 is 0 Å². The van der Waals surface area contributed by atoms with Crippen LogP contribution in [0.2, 0.25) is 0 Å². The molecule has 2 nitrogen and oxygen atoms in total. The fraction of sp³-hybridized carbons (Fsp3) is 0.250. The number of anilines is 1. The lowest BCUT2D eigenvalue weighted by Crippen LogP contribution is -2.11. The number of halogens is 1. The molecule has 0 heterocycles. The predicted octanol–water partition coefficient (Wildman–Crippen LogP) is 3.93. The summed E-state index contributed by atoms with van der Waals surface area (Å²) in [4.78, 5) is 0. The molecule has 2 aromatic carbocycles. The number of ether oxygens (including phenoxy) is 1. The van der Waals surface area contributed by atoms with Gasteiger partial charge in [0.25, 0.3) is 0 Å². The molecule has 0 bridgehead atoms. The number of benzene rings is 2. The second kappa shape index (κ2) is 6.23. The second-order valence-corrected chi connectivity index (χ2v) is 4.53. The number of hydrogen-bond donors (Lipinski definition) is 1. The van der Waals surface area contributed by atoms with Crippen LogP contribution in [-0.4, -0.2) is 13.2 Å². The third-order valence-corrected chi connectivity index (χ3v) is 3.02. The van der Waals surface area contributed by atoms with Gasteiger partial charge in [-0.25, -0.2) is 4.39 Å². The summed E-state index contributed by atoms with van der Waals surface area (Å²) in [6.45, 7) is 5.44. The highest BCUT2D eigenvalue weighted by Gasteiger charge is 1.97. The molecule has 0 aliphatic carbocycles. The van der Waals surface area contributed by atoms with Crippen LogP contribution in [0, 0.1) is 19.7 Å². The maximum Gasteiger partial charge on any atom is 0.123 e. The minimum Gasteiger partial charge on any atom is -0.492 e. The standard InChI is InChI=1S/C16H18FNO/c1-12-3-6-15(11-13(12)2)18-9-10-19-16-7-4-14(17)5-8-16/h3-8,11,18H,9-10H2,1-2H3. The van der Waals surface area contributed by atoms with Gasteiger partial charge in [0.2, 0.25) is 0 Å². The lowest BCUT2D eigenvalue weighted by atomic mass is 10.1. The Labute approximate surface area is 113 Å². The molecule has 0 aliphatic heterocycles. The Balaban J connectivity index is 1.77. The number of aryl methyl sites for hydroxylation is 2. The van der Waals surface area contributed by atoms with Crippen LogP contribution in [0.25, 0.3) is 0 Å². The molecule has 2 rings (SSSR count). The Morgan fingerprint density at radius 2 is 1.74 bits per heavy atom. The van der Waals surface area contributed by atoms with E-state index in [0.29, 0.717) is 18.9 Å². The molecule has 0 aromatic heterocycles. The topological polar surface area (TPSA) is 21.3 Å². The van der Waals surface area contributed by atoms with Crippen molar-refractivity contribution in [3.63, 3.8) is 0 Å². The van der Waals surface area contributed by atoms with E-state index in [2.05, 4.69) is 37.4 Å². The molecule has 19 heavy (non-hydrogen) atoms. The monoisotopic (exact) mass is 259 g/mol. The Hall–Kier alpha value is -2.03. The van der Waals surface area contributed by atoms with Gasteiger partial charge in [0, 0.05) is 12.2 Å². The first-order valence-electron chi connectivity index (χ1n) is 6.34. The smallest absolute Gasteiger partial charge is 0.123 e. The lowest BCUT2D eigenvalue weighted by Gasteiger charge is -2.10. The largest absolute Gasteiger partial charge is 0.492 e. The van der Waals surface area contributed by atoms with E-state index in [9.17, 15) is 4.39 Å². The molecule has 0 atom stereocenters. The highest BCUT2D eigenvalue weighted by Crippen LogP contribution is 2.14. The third kappa shape index (κ3) is 3.98. The van der Waals surface area contributed by atoms with Gasteiger partial charge >= 0.3 is 0 Å². The van der Waals surface area contributed by atoms with Gasteiger partial charge < -0.3 is 10.1 Å². The molecular formula is C16H18FNO. The molecule has 3 heteroatoms. The van der Waals surface area contributed by atoms with Crippen LogP contribution in [0.4, 0.5) is 10.1 Å². The average Bonchev–Trinajstić information content (AvgIpc) is 2.41. The van der Waals surface area contributed by atoms with Crippen molar-refractivity contribution in [3.8, 4) is 5.75 Å². The fourth-order valence-electron chi connectivity index (χ4n) is 1.75. The van der Waals surface area contributed by atoms with E-state index in [-0.39, 0.29) is 5.82 Å². The maximum absolute atomic E-state index is 12.7. The lowest BCUT2D eigenvalue weighted by molar-refractivity contribution is 0.332. The number of nitrogens with one attached hydrogen (secondary N) is 1. The molecule has 0 saturated carbocycles. The molecule has 0 spiro atoms. The summed E-state index contributed by atoms with van der Waals surface area (Å²) in [5, 5.41) is 3.30. The van der Waals surface area contributed by atoms with Crippen LogP contribution in [0.5, 0.6) is 5.75 Å². The first-order chi connectivity index (χ1) is 9.15. The van der Waals surface area contributed by atoms with Crippen LogP contribution in [0.1, 0.15) is 11.1 Å². The number of rotatable bonds is 5. The summed E-state index contributed by atoms with van der Waals surface area (Å²) in [5.41, 5.74) is 3.64. The quantitative estimate of drug-likeness (QED) is 0.821. The second-order valence-electron chi connectivity index (χ2n) is 4.53. The zero-order valence-corrected chi connectivity index (χ0v) is 11.2. The van der Waals surface area contributed by atoms with Crippen LogP contribution in [0.15, 0.2) is 42.5 Å². The Morgan fingerprint density at radius 1 is 1.00 bits per heavy atom. The third-order valence-electron chi connectivity index (χ3n) is 3.02. The van der Waals surface area contributed by atoms with Gasteiger partial charge in [-0.3, -0.25) is 0 Å². The Bertz CT molecular complexity index is 537. The van der Waals surface area contributed by atoms with Crippen LogP contribution in [0.3, 0.4) is 0 Å². The minimum absolute atomic E-state index is 0.249. The zero-order chi connectivity index (χ0) is 13.7. The number of hydrogen-bond acceptors (Lipinski definition) is 2. The zero-order valence-electron chi connectivity index (χ0n) is 11.2. The van der Waals surface area contributed by atoms with E-state index in [4.69, 9.17) is 4.74 Å². The molecule has 1 N–H and O–H groups in total. The fourth-order valence-corrected chi connectivity index (χ4v) is 1.75. The van der Waals surface area contributed by atoms with Crippen LogP contribution < -0.4 is 10.1 Å². The maximum atomic E-state index is 12.7. The molecule has 0 aliphatic rings. The van der Waals surface area contributed by atoms with Crippen molar-refractivity contribution in [2.24, 2.45) is 0 Å². The molecule has 0 amide bonds. The highest BCUT2D eigenvalue weighted by atomic mass is 19.1. The molecule has 0 radical (unpaired) electrons. The molecular weight excluding hydrogens is 241 g/mol. The highest BCUT2D eigenvalue weighted by molar-refractivity contribution is 5.48. The van der Waals surface area contributed by atoms with E-state index in [1.807, 2.05) is 0 Å². The van der Waals surface area contributed by atoms with Gasteiger partial charge in [0.1, 0.15) is 18.2 Å². The van der Waals surface area contributed by atoms with Gasteiger partial charge in [-0.05, 0) is 61.4 Å². The van der Waals surface area contributed by atoms with E-state index in [1.165, 1.54) is 23.3 Å². The minimum atomic E-state index is -0.249. The van der Waals surface area contributed by atoms with Crippen molar-refractivity contribution in [1.29, 1.82) is 0 Å². The SMILES string of the molecule is Cc1ccc(NCCOc2ccc(F)cc2)cc1C. The molecule has 100 valence electrons. The summed E-state index contributed by atoms with van der Waals surface area (Å²) in [7, 11) is 0.